The summed E-state index contributed by atoms with van der Waals surface area (Å²) in [4.78, 5) is 1.51. The van der Waals surface area contributed by atoms with Crippen molar-refractivity contribution in [2.75, 3.05) is 11.9 Å². The number of hydrogen-bond donors (Lipinski definition) is 1. The predicted octanol–water partition coefficient (Wildman–Crippen LogP) is 4.10. The topological polar surface area (TPSA) is 23.5 Å². The van der Waals surface area contributed by atoms with Crippen LogP contribution in [0.4, 0.5) is 28.9 Å². The number of benzene rings is 2. The molecule has 0 fully saturated rings. The summed E-state index contributed by atoms with van der Waals surface area (Å²) >= 11 is 0. The number of rotatable bonds is 3. The quantitative estimate of drug-likeness (QED) is 0.862. The molecule has 0 spiro atoms. The summed E-state index contributed by atoms with van der Waals surface area (Å²) in [5, 5.41) is 9.00. The van der Waals surface area contributed by atoms with E-state index in [-0.39, 0.29) is 5.56 Å². The molecule has 0 saturated heterocycles. The van der Waals surface area contributed by atoms with Crippen molar-refractivity contribution >= 4 is 11.4 Å². The first-order valence-corrected chi connectivity index (χ1v) is 6.13. The van der Waals surface area contributed by atoms with Crippen LogP contribution in [0.3, 0.4) is 0 Å². The van der Waals surface area contributed by atoms with Crippen molar-refractivity contribution in [3.05, 3.63) is 59.4 Å². The third-order valence-corrected chi connectivity index (χ3v) is 3.17. The normalized spacial score (nSPS) is 11.5. The molecular weight excluding hydrogens is 286 g/mol. The zero-order valence-electron chi connectivity index (χ0n) is 11.2. The number of aliphatic hydroxyl groups excluding tert-OH is 1. The van der Waals surface area contributed by atoms with Crippen LogP contribution >= 0.6 is 0 Å². The van der Waals surface area contributed by atoms with E-state index in [1.54, 1.807) is 7.05 Å². The number of hydrogen-bond acceptors (Lipinski definition) is 2. The standard InChI is InChI=1S/C15H13F4NO/c1-20(12-6-3-11(16)4-7-12)13-5-2-10(9-21)14(8-13)15(17,18)19/h2-8,21H,9H2,1H3. The van der Waals surface area contributed by atoms with E-state index in [0.29, 0.717) is 11.4 Å². The van der Waals surface area contributed by atoms with Gasteiger partial charge >= 0.3 is 6.18 Å². The minimum atomic E-state index is -4.54. The highest BCUT2D eigenvalue weighted by atomic mass is 19.4. The summed E-state index contributed by atoms with van der Waals surface area (Å²) in [5.74, 6) is -0.418. The van der Waals surface area contributed by atoms with Gasteiger partial charge in [0.2, 0.25) is 0 Å². The molecule has 0 aliphatic heterocycles. The summed E-state index contributed by atoms with van der Waals surface area (Å²) in [6, 6.07) is 9.10. The molecule has 0 saturated carbocycles. The van der Waals surface area contributed by atoms with E-state index in [4.69, 9.17) is 5.11 Å². The minimum absolute atomic E-state index is 0.182. The molecule has 0 amide bonds. The van der Waals surface area contributed by atoms with E-state index in [0.717, 1.165) is 6.07 Å². The molecule has 0 aliphatic carbocycles. The molecule has 0 aliphatic rings. The molecule has 2 aromatic carbocycles. The van der Waals surface area contributed by atoms with Crippen LogP contribution in [0.25, 0.3) is 0 Å². The van der Waals surface area contributed by atoms with Crippen LogP contribution in [0.15, 0.2) is 42.5 Å². The van der Waals surface area contributed by atoms with Gasteiger partial charge in [-0.2, -0.15) is 13.2 Å². The molecule has 2 rings (SSSR count). The van der Waals surface area contributed by atoms with Gasteiger partial charge in [-0.15, -0.1) is 0 Å². The van der Waals surface area contributed by atoms with Gasteiger partial charge < -0.3 is 10.0 Å². The number of halogens is 4. The van der Waals surface area contributed by atoms with E-state index in [9.17, 15) is 17.6 Å². The summed E-state index contributed by atoms with van der Waals surface area (Å²) < 4.78 is 51.7. The Morgan fingerprint density at radius 2 is 1.57 bits per heavy atom. The highest BCUT2D eigenvalue weighted by Crippen LogP contribution is 2.35. The number of aliphatic hydroxyl groups is 1. The summed E-state index contributed by atoms with van der Waals surface area (Å²) in [6.07, 6.45) is -4.54. The van der Waals surface area contributed by atoms with Gasteiger partial charge in [0.1, 0.15) is 5.82 Å². The van der Waals surface area contributed by atoms with E-state index in [1.165, 1.54) is 41.3 Å². The molecule has 0 bridgehead atoms. The van der Waals surface area contributed by atoms with Gasteiger partial charge in [-0.05, 0) is 42.0 Å². The van der Waals surface area contributed by atoms with E-state index in [2.05, 4.69) is 0 Å². The summed E-state index contributed by atoms with van der Waals surface area (Å²) in [7, 11) is 1.58. The molecule has 6 heteroatoms. The monoisotopic (exact) mass is 299 g/mol. The zero-order chi connectivity index (χ0) is 15.6. The Kier molecular flexibility index (Phi) is 4.18. The lowest BCUT2D eigenvalue weighted by Gasteiger charge is -2.22. The second-order valence-corrected chi connectivity index (χ2v) is 4.53. The maximum Gasteiger partial charge on any atom is 0.416 e. The van der Waals surface area contributed by atoms with Gasteiger partial charge in [-0.25, -0.2) is 4.39 Å². The van der Waals surface area contributed by atoms with Crippen molar-refractivity contribution < 1.29 is 22.7 Å². The highest BCUT2D eigenvalue weighted by Gasteiger charge is 2.33. The molecule has 0 aromatic heterocycles. The van der Waals surface area contributed by atoms with Crippen LogP contribution in [-0.2, 0) is 12.8 Å². The average Bonchev–Trinajstić information content (AvgIpc) is 2.45. The smallest absolute Gasteiger partial charge is 0.392 e. The van der Waals surface area contributed by atoms with Gasteiger partial charge in [-0.3, -0.25) is 0 Å². The third-order valence-electron chi connectivity index (χ3n) is 3.17. The zero-order valence-corrected chi connectivity index (χ0v) is 11.2. The van der Waals surface area contributed by atoms with Gasteiger partial charge in [0.15, 0.2) is 0 Å². The fraction of sp³-hybridized carbons (Fsp3) is 0.200. The van der Waals surface area contributed by atoms with Gasteiger partial charge in [0.25, 0.3) is 0 Å². The largest absolute Gasteiger partial charge is 0.416 e. The van der Waals surface area contributed by atoms with Crippen molar-refractivity contribution in [1.29, 1.82) is 0 Å². The fourth-order valence-electron chi connectivity index (χ4n) is 1.99. The minimum Gasteiger partial charge on any atom is -0.392 e. The summed E-state index contributed by atoms with van der Waals surface area (Å²) in [6.45, 7) is -0.685. The Morgan fingerprint density at radius 1 is 1.00 bits per heavy atom. The second-order valence-electron chi connectivity index (χ2n) is 4.53. The predicted molar refractivity (Wildman–Crippen MR) is 71.8 cm³/mol. The first-order chi connectivity index (χ1) is 9.82. The van der Waals surface area contributed by atoms with Crippen LogP contribution in [0.2, 0.25) is 0 Å². The van der Waals surface area contributed by atoms with Crippen LogP contribution < -0.4 is 4.90 Å². The van der Waals surface area contributed by atoms with Gasteiger partial charge in [0, 0.05) is 18.4 Å². The molecule has 1 N–H and O–H groups in total. The van der Waals surface area contributed by atoms with E-state index in [1.807, 2.05) is 0 Å². The molecule has 2 nitrogen and oxygen atoms in total. The molecule has 0 heterocycles. The maximum absolute atomic E-state index is 13.0. The summed E-state index contributed by atoms with van der Waals surface area (Å²) in [5.41, 5.74) is -0.206. The molecule has 0 unspecified atom stereocenters. The highest BCUT2D eigenvalue weighted by molar-refractivity contribution is 5.63. The average molecular weight is 299 g/mol. The van der Waals surface area contributed by atoms with Crippen molar-refractivity contribution in [2.24, 2.45) is 0 Å². The Morgan fingerprint density at radius 3 is 2.10 bits per heavy atom. The number of nitrogens with zero attached hydrogens (tertiary/aromatic N) is 1. The Labute approximate surface area is 119 Å². The molecule has 0 atom stereocenters. The Balaban J connectivity index is 2.42. The van der Waals surface area contributed by atoms with Crippen LogP contribution in [0.1, 0.15) is 11.1 Å². The molecule has 0 radical (unpaired) electrons. The van der Waals surface area contributed by atoms with Gasteiger partial charge in [-0.1, -0.05) is 6.07 Å². The van der Waals surface area contributed by atoms with E-state index >= 15 is 0 Å². The van der Waals surface area contributed by atoms with Crippen LogP contribution in [0.5, 0.6) is 0 Å². The molecule has 112 valence electrons. The molecule has 21 heavy (non-hydrogen) atoms. The lowest BCUT2D eigenvalue weighted by atomic mass is 10.1. The fourth-order valence-corrected chi connectivity index (χ4v) is 1.99. The van der Waals surface area contributed by atoms with Crippen molar-refractivity contribution in [1.82, 2.24) is 0 Å². The number of alkyl halides is 3. The SMILES string of the molecule is CN(c1ccc(F)cc1)c1ccc(CO)c(C(F)(F)F)c1. The first-order valence-electron chi connectivity index (χ1n) is 6.13. The van der Waals surface area contributed by atoms with Crippen LogP contribution in [-0.4, -0.2) is 12.2 Å². The van der Waals surface area contributed by atoms with Crippen molar-refractivity contribution in [2.45, 2.75) is 12.8 Å². The third kappa shape index (κ3) is 3.33. The van der Waals surface area contributed by atoms with Crippen molar-refractivity contribution in [3.63, 3.8) is 0 Å². The number of anilines is 2. The van der Waals surface area contributed by atoms with E-state index < -0.39 is 24.2 Å². The second kappa shape index (κ2) is 5.73. The lowest BCUT2D eigenvalue weighted by Crippen LogP contribution is -2.14. The maximum atomic E-state index is 13.0. The lowest BCUT2D eigenvalue weighted by molar-refractivity contribution is -0.138. The molecule has 2 aromatic rings. The Bertz CT molecular complexity index is 623. The van der Waals surface area contributed by atoms with Crippen LogP contribution in [0, 0.1) is 5.82 Å². The Hall–Kier alpha value is -2.08. The van der Waals surface area contributed by atoms with Gasteiger partial charge in [0.05, 0.1) is 12.2 Å². The first kappa shape index (κ1) is 15.3. The molecular formula is C15H13F4NO. The van der Waals surface area contributed by atoms with Crippen molar-refractivity contribution in [3.8, 4) is 0 Å².